The number of benzene rings is 5. The predicted molar refractivity (Wildman–Crippen MR) is 209 cm³/mol. The van der Waals surface area contributed by atoms with E-state index in [1.807, 2.05) is 57.2 Å². The molecule has 3 nitrogen and oxygen atoms in total. The summed E-state index contributed by atoms with van der Waals surface area (Å²) < 4.78 is 86.8. The van der Waals surface area contributed by atoms with Crippen molar-refractivity contribution in [1.29, 1.82) is 5.26 Å². The van der Waals surface area contributed by atoms with E-state index in [1.165, 1.54) is 15.7 Å². The third-order valence-corrected chi connectivity index (χ3v) is 12.0. The maximum atomic E-state index is 13.2. The Balaban J connectivity index is 0.000000340. The molecule has 1 unspecified atom stereocenters. The molecule has 0 saturated heterocycles. The van der Waals surface area contributed by atoms with Crippen molar-refractivity contribution in [2.45, 2.75) is 40.9 Å². The topological polar surface area (TPSA) is 49.6 Å². The molecule has 1 radical (unpaired) electrons. The van der Waals surface area contributed by atoms with Gasteiger partial charge in [-0.25, -0.2) is 0 Å². The van der Waals surface area contributed by atoms with E-state index in [1.54, 1.807) is 42.6 Å². The molecule has 0 aliphatic heterocycles. The monoisotopic (exact) mass is 997 g/mol. The second-order valence-corrected chi connectivity index (χ2v) is 16.3. The Bertz CT molecular complexity index is 2920. The fourth-order valence-electron chi connectivity index (χ4n) is 6.14. The molecule has 265 valence electrons. The first kappa shape index (κ1) is 29.9. The Kier molecular flexibility index (Phi) is 8.91. The molecule has 1 atom stereocenters. The van der Waals surface area contributed by atoms with Gasteiger partial charge in [0.15, 0.2) is 0 Å². The van der Waals surface area contributed by atoms with Crippen molar-refractivity contribution in [3.05, 3.63) is 155 Å². The molecule has 0 fully saturated rings. The van der Waals surface area contributed by atoms with Crippen LogP contribution in [-0.4, -0.2) is 30.4 Å². The summed E-state index contributed by atoms with van der Waals surface area (Å²) >= 11 is -0.916. The molecular formula is C46H35F2IrN3Te-2. The standard InChI is InChI=1S/C35H29N2Te.C11H6F2N.Ir/c1-21-15-23(18-35(3,4)5)9-12-26(21)31-17-32(37-20-22(31)2)30-8-6-7-28-29-14-11-25-16-24(19-36)10-13-27(25)33(29)38-34(28)30;12-8-4-5-9(10(13)7-8)11-3-1-2-6-14-11;/h6-7,9-17,20H,18H2,1-5H3;1-4,6-7H;/q2*-1;/i1D3,2D3,18D;;. The third-order valence-electron chi connectivity index (χ3n) is 8.42. The summed E-state index contributed by atoms with van der Waals surface area (Å²) in [6.07, 6.45) is 2.22. The van der Waals surface area contributed by atoms with Crippen LogP contribution in [0.25, 0.3) is 62.0 Å². The summed E-state index contributed by atoms with van der Waals surface area (Å²) in [5, 5.41) is 13.7. The summed E-state index contributed by atoms with van der Waals surface area (Å²) in [7, 11) is 0. The van der Waals surface area contributed by atoms with Gasteiger partial charge < -0.3 is 4.98 Å². The van der Waals surface area contributed by atoms with Crippen LogP contribution in [0.5, 0.6) is 0 Å². The molecule has 0 aliphatic carbocycles. The van der Waals surface area contributed by atoms with Crippen LogP contribution in [0.1, 0.15) is 52.6 Å². The van der Waals surface area contributed by atoms with Gasteiger partial charge >= 0.3 is 245 Å². The Labute approximate surface area is 342 Å². The van der Waals surface area contributed by atoms with Gasteiger partial charge in [-0.05, 0) is 11.8 Å². The molecule has 0 N–H and O–H groups in total. The van der Waals surface area contributed by atoms with Crippen molar-refractivity contribution in [1.82, 2.24) is 9.97 Å². The summed E-state index contributed by atoms with van der Waals surface area (Å²) in [5.74, 6) is -1.29. The summed E-state index contributed by atoms with van der Waals surface area (Å²) in [6, 6.07) is 35.5. The van der Waals surface area contributed by atoms with E-state index in [0.717, 1.165) is 42.6 Å². The van der Waals surface area contributed by atoms with Crippen LogP contribution in [0, 0.1) is 54.2 Å². The number of nitrogens with zero attached hydrogens (tertiary/aromatic N) is 3. The molecule has 8 rings (SSSR count). The molecule has 8 aromatic rings. The average molecular weight is 995 g/mol. The Morgan fingerprint density at radius 3 is 2.36 bits per heavy atom. The minimum absolute atomic E-state index is 0. The summed E-state index contributed by atoms with van der Waals surface area (Å²) in [6.45, 7) is 0.704. The number of hydrogen-bond acceptors (Lipinski definition) is 3. The van der Waals surface area contributed by atoms with E-state index in [2.05, 4.69) is 34.2 Å². The van der Waals surface area contributed by atoms with Crippen molar-refractivity contribution < 1.29 is 38.5 Å². The molecule has 3 aromatic heterocycles. The van der Waals surface area contributed by atoms with Crippen LogP contribution in [0.2, 0.25) is 0 Å². The fourth-order valence-corrected chi connectivity index (χ4v) is 9.97. The van der Waals surface area contributed by atoms with E-state index in [4.69, 9.17) is 9.60 Å². The first-order valence-electron chi connectivity index (χ1n) is 20.0. The number of aromatic nitrogens is 2. The van der Waals surface area contributed by atoms with Gasteiger partial charge in [-0.1, -0.05) is 23.8 Å². The van der Waals surface area contributed by atoms with E-state index in [0.29, 0.717) is 28.1 Å². The summed E-state index contributed by atoms with van der Waals surface area (Å²) in [4.78, 5) is 8.57. The summed E-state index contributed by atoms with van der Waals surface area (Å²) in [5.41, 5.74) is 3.24. The maximum absolute atomic E-state index is 13.2. The zero-order chi connectivity index (χ0) is 42.4. The van der Waals surface area contributed by atoms with Gasteiger partial charge in [-0.15, -0.1) is 12.1 Å². The van der Waals surface area contributed by atoms with Gasteiger partial charge in [0, 0.05) is 37.9 Å². The fraction of sp³-hybridized carbons (Fsp3) is 0.152. The number of aryl methyl sites for hydroxylation is 2. The minimum atomic E-state index is -2.54. The van der Waals surface area contributed by atoms with Gasteiger partial charge in [0.25, 0.3) is 0 Å². The van der Waals surface area contributed by atoms with Gasteiger partial charge in [0.2, 0.25) is 0 Å². The zero-order valence-electron chi connectivity index (χ0n) is 35.8. The van der Waals surface area contributed by atoms with Crippen molar-refractivity contribution >= 4 is 48.8 Å². The number of hydrogen-bond donors (Lipinski definition) is 0. The quantitative estimate of drug-likeness (QED) is 0.130. The van der Waals surface area contributed by atoms with Crippen molar-refractivity contribution in [2.75, 3.05) is 0 Å². The molecule has 7 heteroatoms. The molecule has 53 heavy (non-hydrogen) atoms. The Hall–Kier alpha value is -4.55. The van der Waals surface area contributed by atoms with Gasteiger partial charge in [-0.2, -0.15) is 0 Å². The minimum Gasteiger partial charge on any atom is 0 e. The van der Waals surface area contributed by atoms with Crippen LogP contribution >= 0.6 is 0 Å². The van der Waals surface area contributed by atoms with Crippen molar-refractivity contribution in [2.24, 2.45) is 5.41 Å². The number of rotatable bonds is 4. The van der Waals surface area contributed by atoms with Crippen LogP contribution in [0.4, 0.5) is 8.78 Å². The molecule has 3 heterocycles. The Morgan fingerprint density at radius 1 is 0.811 bits per heavy atom. The number of halogens is 2. The first-order valence-corrected chi connectivity index (χ1v) is 18.7. The van der Waals surface area contributed by atoms with Gasteiger partial charge in [0.05, 0.1) is 0 Å². The molecule has 5 aromatic carbocycles. The molecule has 0 spiro atoms. The van der Waals surface area contributed by atoms with Crippen molar-refractivity contribution in [3.8, 4) is 39.7 Å². The molecular weight excluding hydrogens is 952 g/mol. The first-order chi connectivity index (χ1) is 27.8. The van der Waals surface area contributed by atoms with E-state index < -0.39 is 57.6 Å². The SMILES string of the molecule is Fc1c[c-]c(-c2ccccn2)c(F)c1.[2H]C(c1ccc(-c2cc(-c3[c-]ccc4c3[te]c3c5ccc(C#N)cc5ccc43)ncc2C([2H])([2H])[2H])c(C([2H])([2H])[2H])c1)C(C)(C)C.[Ir]. The normalized spacial score (nSPS) is 14.2. The van der Waals surface area contributed by atoms with Gasteiger partial charge in [0.1, 0.15) is 0 Å². The zero-order valence-corrected chi connectivity index (χ0v) is 33.5. The second kappa shape index (κ2) is 15.8. The number of nitriles is 1. The predicted octanol–water partition coefficient (Wildman–Crippen LogP) is 11.6. The average Bonchev–Trinajstić information content (AvgIpc) is 3.59. The number of pyridine rings is 2. The van der Waals surface area contributed by atoms with E-state index in [9.17, 15) is 14.0 Å². The van der Waals surface area contributed by atoms with Crippen molar-refractivity contribution in [3.63, 3.8) is 0 Å². The Morgan fingerprint density at radius 2 is 1.62 bits per heavy atom. The van der Waals surface area contributed by atoms with E-state index in [-0.39, 0.29) is 42.4 Å². The molecule has 0 bridgehead atoms. The molecule has 0 aliphatic rings. The number of fused-ring (bicyclic) bond motifs is 5. The van der Waals surface area contributed by atoms with Crippen LogP contribution in [0.15, 0.2) is 109 Å². The second-order valence-electron chi connectivity index (χ2n) is 13.4. The van der Waals surface area contributed by atoms with E-state index >= 15 is 0 Å². The molecule has 0 amide bonds. The van der Waals surface area contributed by atoms with Crippen LogP contribution in [-0.2, 0) is 26.5 Å². The molecule has 0 saturated carbocycles. The van der Waals surface area contributed by atoms with Gasteiger partial charge in [-0.3, -0.25) is 8.78 Å². The third kappa shape index (κ3) is 8.18. The van der Waals surface area contributed by atoms with Crippen LogP contribution < -0.4 is 0 Å². The van der Waals surface area contributed by atoms with Crippen LogP contribution in [0.3, 0.4) is 0 Å². The smallest absolute Gasteiger partial charge is 0 e.